The van der Waals surface area contributed by atoms with Crippen LogP contribution in [0.1, 0.15) is 32.0 Å². The minimum Gasteiger partial charge on any atom is -0.458 e. The Bertz CT molecular complexity index is 634. The molecule has 0 saturated heterocycles. The van der Waals surface area contributed by atoms with Gasteiger partial charge in [-0.25, -0.2) is 4.98 Å². The Balaban J connectivity index is 2.09. The number of aromatic amines is 1. The van der Waals surface area contributed by atoms with Crippen LogP contribution in [0.4, 0.5) is 0 Å². The zero-order valence-electron chi connectivity index (χ0n) is 10.8. The minimum atomic E-state index is -0.266. The van der Waals surface area contributed by atoms with Crippen LogP contribution in [0.5, 0.6) is 0 Å². The van der Waals surface area contributed by atoms with Gasteiger partial charge in [0.1, 0.15) is 12.4 Å². The number of benzene rings is 1. The molecule has 5 heteroatoms. The molecule has 100 valence electrons. The van der Waals surface area contributed by atoms with Crippen molar-refractivity contribution in [3.63, 3.8) is 0 Å². The van der Waals surface area contributed by atoms with Gasteiger partial charge in [0.05, 0.1) is 10.9 Å². The van der Waals surface area contributed by atoms with Gasteiger partial charge in [0.25, 0.3) is 5.56 Å². The van der Waals surface area contributed by atoms with Gasteiger partial charge >= 0.3 is 5.97 Å². The molecule has 0 atom stereocenters. The van der Waals surface area contributed by atoms with Crippen LogP contribution in [0.15, 0.2) is 29.1 Å². The molecule has 0 amide bonds. The molecule has 1 heterocycles. The van der Waals surface area contributed by atoms with E-state index in [0.717, 1.165) is 12.8 Å². The molecule has 0 spiro atoms. The first kappa shape index (κ1) is 13.3. The molecule has 0 saturated carbocycles. The van der Waals surface area contributed by atoms with Crippen LogP contribution in [0, 0.1) is 0 Å². The second-order valence-electron chi connectivity index (χ2n) is 4.29. The highest BCUT2D eigenvalue weighted by Gasteiger charge is 2.06. The number of carbonyl (C=O) groups excluding carboxylic acids is 1. The molecular formula is C14H16N2O3. The SMILES string of the molecule is CCCCC(=O)OCc1nc2ccccc2c(=O)[nH]1. The van der Waals surface area contributed by atoms with Crippen molar-refractivity contribution in [1.29, 1.82) is 0 Å². The topological polar surface area (TPSA) is 72.0 Å². The van der Waals surface area contributed by atoms with Crippen molar-refractivity contribution in [3.05, 3.63) is 40.4 Å². The summed E-state index contributed by atoms with van der Waals surface area (Å²) >= 11 is 0. The van der Waals surface area contributed by atoms with Crippen molar-refractivity contribution >= 4 is 16.9 Å². The normalized spacial score (nSPS) is 10.6. The number of nitrogens with one attached hydrogen (secondary N) is 1. The van der Waals surface area contributed by atoms with Crippen molar-refractivity contribution in [2.45, 2.75) is 32.8 Å². The van der Waals surface area contributed by atoms with E-state index in [2.05, 4.69) is 9.97 Å². The molecule has 0 unspecified atom stereocenters. The van der Waals surface area contributed by atoms with Crippen LogP contribution in [-0.2, 0) is 16.1 Å². The molecule has 2 aromatic rings. The Hall–Kier alpha value is -2.17. The summed E-state index contributed by atoms with van der Waals surface area (Å²) in [6, 6.07) is 7.06. The monoisotopic (exact) mass is 260 g/mol. The molecule has 0 fully saturated rings. The average Bonchev–Trinajstić information content (AvgIpc) is 2.43. The van der Waals surface area contributed by atoms with Gasteiger partial charge in [0, 0.05) is 6.42 Å². The lowest BCUT2D eigenvalue weighted by molar-refractivity contribution is -0.145. The highest BCUT2D eigenvalue weighted by atomic mass is 16.5. The van der Waals surface area contributed by atoms with E-state index in [-0.39, 0.29) is 18.1 Å². The van der Waals surface area contributed by atoms with Crippen molar-refractivity contribution in [1.82, 2.24) is 9.97 Å². The summed E-state index contributed by atoms with van der Waals surface area (Å²) in [6.07, 6.45) is 2.15. The van der Waals surface area contributed by atoms with E-state index >= 15 is 0 Å². The Morgan fingerprint density at radius 3 is 2.95 bits per heavy atom. The third kappa shape index (κ3) is 3.40. The number of hydrogen-bond acceptors (Lipinski definition) is 4. The quantitative estimate of drug-likeness (QED) is 0.836. The molecule has 0 aliphatic heterocycles. The average molecular weight is 260 g/mol. The van der Waals surface area contributed by atoms with Crippen LogP contribution in [0.2, 0.25) is 0 Å². The van der Waals surface area contributed by atoms with E-state index in [1.54, 1.807) is 18.2 Å². The number of esters is 1. The summed E-state index contributed by atoms with van der Waals surface area (Å²) < 4.78 is 5.06. The number of hydrogen-bond donors (Lipinski definition) is 1. The lowest BCUT2D eigenvalue weighted by Gasteiger charge is -2.04. The van der Waals surface area contributed by atoms with E-state index < -0.39 is 0 Å². The van der Waals surface area contributed by atoms with Crippen molar-refractivity contribution in [2.24, 2.45) is 0 Å². The molecule has 0 aliphatic rings. The molecule has 0 radical (unpaired) electrons. The van der Waals surface area contributed by atoms with Crippen LogP contribution in [-0.4, -0.2) is 15.9 Å². The predicted octanol–water partition coefficient (Wildman–Crippen LogP) is 2.16. The van der Waals surface area contributed by atoms with Crippen LogP contribution in [0.25, 0.3) is 10.9 Å². The van der Waals surface area contributed by atoms with Crippen LogP contribution < -0.4 is 5.56 Å². The third-order valence-corrected chi connectivity index (χ3v) is 2.77. The predicted molar refractivity (Wildman–Crippen MR) is 71.7 cm³/mol. The lowest BCUT2D eigenvalue weighted by Crippen LogP contribution is -2.14. The van der Waals surface area contributed by atoms with Gasteiger partial charge in [-0.2, -0.15) is 0 Å². The van der Waals surface area contributed by atoms with Gasteiger partial charge in [-0.15, -0.1) is 0 Å². The molecule has 1 N–H and O–H groups in total. The number of ether oxygens (including phenoxy) is 1. The Labute approximate surface area is 110 Å². The summed E-state index contributed by atoms with van der Waals surface area (Å²) in [5.74, 6) is 0.103. The standard InChI is InChI=1S/C14H16N2O3/c1-2-3-8-13(17)19-9-12-15-11-7-5-4-6-10(11)14(18)16-12/h4-7H,2-3,8-9H2,1H3,(H,15,16,18). The second kappa shape index (κ2) is 6.13. The molecule has 0 bridgehead atoms. The lowest BCUT2D eigenvalue weighted by atomic mass is 10.2. The largest absolute Gasteiger partial charge is 0.458 e. The molecule has 5 nitrogen and oxygen atoms in total. The van der Waals surface area contributed by atoms with Gasteiger partial charge < -0.3 is 9.72 Å². The van der Waals surface area contributed by atoms with Gasteiger partial charge in [0.2, 0.25) is 0 Å². The minimum absolute atomic E-state index is 0.00260. The van der Waals surface area contributed by atoms with Crippen molar-refractivity contribution < 1.29 is 9.53 Å². The Morgan fingerprint density at radius 2 is 2.16 bits per heavy atom. The number of rotatable bonds is 5. The fraction of sp³-hybridized carbons (Fsp3) is 0.357. The maximum absolute atomic E-state index is 11.8. The number of unbranched alkanes of at least 4 members (excludes halogenated alkanes) is 1. The Morgan fingerprint density at radius 1 is 1.37 bits per heavy atom. The number of fused-ring (bicyclic) bond motifs is 1. The summed E-state index contributed by atoms with van der Waals surface area (Å²) in [5.41, 5.74) is 0.385. The number of para-hydroxylation sites is 1. The first-order valence-electron chi connectivity index (χ1n) is 6.34. The van der Waals surface area contributed by atoms with Gasteiger partial charge in [0.15, 0.2) is 0 Å². The van der Waals surface area contributed by atoms with E-state index in [0.29, 0.717) is 23.1 Å². The first-order chi connectivity index (χ1) is 9.20. The fourth-order valence-electron chi connectivity index (χ4n) is 1.75. The number of H-pyrrole nitrogens is 1. The third-order valence-electron chi connectivity index (χ3n) is 2.77. The number of carbonyl (C=O) groups is 1. The smallest absolute Gasteiger partial charge is 0.306 e. The van der Waals surface area contributed by atoms with E-state index in [4.69, 9.17) is 4.74 Å². The molecule has 1 aromatic heterocycles. The first-order valence-corrected chi connectivity index (χ1v) is 6.34. The van der Waals surface area contributed by atoms with E-state index in [1.165, 1.54) is 0 Å². The number of aromatic nitrogens is 2. The molecule has 1 aromatic carbocycles. The summed E-state index contributed by atoms with van der Waals surface area (Å²) in [4.78, 5) is 30.0. The molecule has 0 aliphatic carbocycles. The maximum atomic E-state index is 11.8. The van der Waals surface area contributed by atoms with Crippen molar-refractivity contribution in [3.8, 4) is 0 Å². The molecular weight excluding hydrogens is 244 g/mol. The van der Waals surface area contributed by atoms with Gasteiger partial charge in [-0.1, -0.05) is 25.5 Å². The highest BCUT2D eigenvalue weighted by molar-refractivity contribution is 5.77. The summed E-state index contributed by atoms with van der Waals surface area (Å²) in [7, 11) is 0. The van der Waals surface area contributed by atoms with Gasteiger partial charge in [-0.3, -0.25) is 9.59 Å². The zero-order chi connectivity index (χ0) is 13.7. The maximum Gasteiger partial charge on any atom is 0.306 e. The summed E-state index contributed by atoms with van der Waals surface area (Å²) in [6.45, 7) is 2.01. The highest BCUT2D eigenvalue weighted by Crippen LogP contribution is 2.06. The van der Waals surface area contributed by atoms with E-state index in [1.807, 2.05) is 13.0 Å². The molecule has 2 rings (SSSR count). The van der Waals surface area contributed by atoms with E-state index in [9.17, 15) is 9.59 Å². The second-order valence-corrected chi connectivity index (χ2v) is 4.29. The van der Waals surface area contributed by atoms with Crippen LogP contribution >= 0.6 is 0 Å². The summed E-state index contributed by atoms with van der Waals surface area (Å²) in [5, 5.41) is 0.531. The molecule has 19 heavy (non-hydrogen) atoms. The Kier molecular flexibility index (Phi) is 4.28. The van der Waals surface area contributed by atoms with Crippen LogP contribution in [0.3, 0.4) is 0 Å². The fourth-order valence-corrected chi connectivity index (χ4v) is 1.75. The number of nitrogens with zero attached hydrogens (tertiary/aromatic N) is 1. The van der Waals surface area contributed by atoms with Crippen molar-refractivity contribution in [2.75, 3.05) is 0 Å². The zero-order valence-corrected chi connectivity index (χ0v) is 10.8. The van der Waals surface area contributed by atoms with Gasteiger partial charge in [-0.05, 0) is 18.6 Å².